The molecule has 18 atom stereocenters. The quantitative estimate of drug-likeness (QED) is 0.0274. The molecule has 0 bridgehead atoms. The van der Waals surface area contributed by atoms with Crippen LogP contribution in [0.1, 0.15) is 195 Å². The zero-order valence-corrected chi connectivity index (χ0v) is 69.4. The van der Waals surface area contributed by atoms with Gasteiger partial charge in [-0.1, -0.05) is 66.2 Å². The molecule has 0 spiro atoms. The predicted octanol–water partition coefficient (Wildman–Crippen LogP) is -0.315. The van der Waals surface area contributed by atoms with Crippen molar-refractivity contribution in [3.05, 3.63) is 0 Å². The number of ether oxygens (including phenoxy) is 9. The van der Waals surface area contributed by atoms with Crippen LogP contribution in [0.5, 0.6) is 0 Å². The Kier molecular flexibility index (Phi) is 51.9. The van der Waals surface area contributed by atoms with Gasteiger partial charge in [-0.25, -0.2) is 0 Å². The van der Waals surface area contributed by atoms with Crippen molar-refractivity contribution in [2.24, 2.45) is 23.7 Å². The van der Waals surface area contributed by atoms with Crippen LogP contribution in [0.15, 0.2) is 0 Å². The van der Waals surface area contributed by atoms with Gasteiger partial charge in [-0.15, -0.1) is 0 Å². The van der Waals surface area contributed by atoms with Crippen molar-refractivity contribution >= 4 is 54.9 Å². The standard InChI is InChI=1S/C77H141N8O29P/c1-52-43-56(48-111-115(5,103)104)85(44-52)67(96)27-13-11-9-7-6-8-10-12-26-66(95)84-77(49-105-40-28-63(92)81-34-20-31-78-60(89)23-14-17-37-108-74-53(2)68(97)71(100)57(45-86)112-74,50-106-41-29-64(93)82-35-21-32-79-61(90)24-15-18-38-109-75-54(3)69(98)72(101)58(46-87)113-75)51-107-42-30-65(94)83-36-22-33-80-62(91)25-16-19-39-110-76-55(4)70(99)73(102)59(47-88)114-76/h52-59,68-76,86-88,97-102H,6-51H2,1-5H3,(H,78,89)(H,79,90)(H,80,91)(H,81,92)(H,82,93)(H,83,94)(H,84,95)(H,103,104)/t52-,53?,54?,55?,56+,57?,58?,59?,68?,69?,70?,71?,72?,73?,74?,75?,76?,77?/m1/s1. The molecule has 0 aromatic heterocycles. The molecule has 0 aromatic carbocycles. The molecule has 4 aliphatic heterocycles. The number of aliphatic hydroxyl groups excluding tert-OH is 9. The maximum atomic E-state index is 14.0. The number of hydrogen-bond donors (Lipinski definition) is 17. The van der Waals surface area contributed by atoms with Crippen molar-refractivity contribution in [3.63, 3.8) is 0 Å². The molecule has 17 N–H and O–H groups in total. The molecule has 37 nitrogen and oxygen atoms in total. The van der Waals surface area contributed by atoms with E-state index in [0.717, 1.165) is 45.2 Å². The van der Waals surface area contributed by atoms with Crippen molar-refractivity contribution in [2.75, 3.05) is 138 Å². The molecular weight excluding hydrogens is 1530 g/mol. The summed E-state index contributed by atoms with van der Waals surface area (Å²) in [7, 11) is -3.67. The summed E-state index contributed by atoms with van der Waals surface area (Å²) in [6.07, 6.45) is -0.130. The van der Waals surface area contributed by atoms with Gasteiger partial charge in [0.1, 0.15) is 42.2 Å². The summed E-state index contributed by atoms with van der Waals surface area (Å²) in [4.78, 5) is 116. The van der Waals surface area contributed by atoms with Crippen LogP contribution in [0.2, 0.25) is 0 Å². The largest absolute Gasteiger partial charge is 0.394 e. The second kappa shape index (κ2) is 58.2. The van der Waals surface area contributed by atoms with Crippen molar-refractivity contribution in [3.8, 4) is 0 Å². The van der Waals surface area contributed by atoms with E-state index in [1.54, 1.807) is 25.7 Å². The summed E-state index contributed by atoms with van der Waals surface area (Å²) in [6, 6.07) is -0.230. The first kappa shape index (κ1) is 103. The number of rotatable bonds is 63. The van der Waals surface area contributed by atoms with Crippen molar-refractivity contribution in [1.29, 1.82) is 0 Å². The van der Waals surface area contributed by atoms with Crippen LogP contribution in [0, 0.1) is 23.7 Å². The minimum absolute atomic E-state index is 0.0148. The molecule has 0 radical (unpaired) electrons. The number of likely N-dealkylation sites (tertiary alicyclic amines) is 1. The molecule has 4 fully saturated rings. The highest BCUT2D eigenvalue weighted by Crippen LogP contribution is 2.38. The first-order valence-corrected chi connectivity index (χ1v) is 43.7. The van der Waals surface area contributed by atoms with Crippen LogP contribution >= 0.6 is 7.60 Å². The van der Waals surface area contributed by atoms with Crippen LogP contribution in [-0.2, 0) is 90.1 Å². The average molecular weight is 1670 g/mol. The summed E-state index contributed by atoms with van der Waals surface area (Å²) in [5.74, 6) is -3.29. The lowest BCUT2D eigenvalue weighted by atomic mass is 9.92. The smallest absolute Gasteiger partial charge is 0.325 e. The van der Waals surface area contributed by atoms with Crippen LogP contribution < -0.4 is 37.2 Å². The third-order valence-electron chi connectivity index (χ3n) is 20.8. The molecular formula is C77H141N8O29P. The highest BCUT2D eigenvalue weighted by atomic mass is 31.2. The first-order valence-electron chi connectivity index (χ1n) is 41.6. The minimum Gasteiger partial charge on any atom is -0.394 e. The molecule has 4 saturated heterocycles. The maximum Gasteiger partial charge on any atom is 0.325 e. The Balaban J connectivity index is 1.28. The van der Waals surface area contributed by atoms with Crippen LogP contribution in [0.4, 0.5) is 0 Å². The number of nitrogens with zero attached hydrogens (tertiary/aromatic N) is 1. The van der Waals surface area contributed by atoms with E-state index in [1.807, 2.05) is 6.92 Å². The van der Waals surface area contributed by atoms with Gasteiger partial charge in [-0.05, 0) is 83.0 Å². The Morgan fingerprint density at radius 2 is 0.696 bits per heavy atom. The SMILES string of the molecule is CC1C(OCCCCC(=O)NCCCNC(=O)CCOCC(COCCC(=O)NCCCNC(=O)CCCCOC2OC(CO)C(O)C(O)C2C)(COCCC(=O)NCCCNC(=O)CCCCOC2OC(CO)C(O)C(O)C2C)NC(=O)CCCCCCCCCCC(=O)N2C[C@H](C)C[C@H]2COP(C)(=O)O)OC(CO)C(O)C1O. The third-order valence-corrected chi connectivity index (χ3v) is 21.4. The zero-order valence-electron chi connectivity index (χ0n) is 68.5. The summed E-state index contributed by atoms with van der Waals surface area (Å²) in [5, 5.41) is 110. The molecule has 0 aliphatic carbocycles. The van der Waals surface area contributed by atoms with Gasteiger partial charge in [0.25, 0.3) is 0 Å². The highest BCUT2D eigenvalue weighted by Gasteiger charge is 2.45. The lowest BCUT2D eigenvalue weighted by molar-refractivity contribution is -0.282. The molecule has 8 amide bonds. The van der Waals surface area contributed by atoms with Crippen molar-refractivity contribution in [2.45, 2.75) is 280 Å². The number of unbranched alkanes of at least 4 members (excludes halogenated alkanes) is 10. The zero-order chi connectivity index (χ0) is 84.6. The topological polar surface area (TPSA) is 536 Å². The van der Waals surface area contributed by atoms with Gasteiger partial charge in [-0.3, -0.25) is 42.9 Å². The molecule has 38 heteroatoms. The van der Waals surface area contributed by atoms with E-state index in [-0.39, 0.29) is 190 Å². The van der Waals surface area contributed by atoms with E-state index >= 15 is 0 Å². The Morgan fingerprint density at radius 3 is 1.02 bits per heavy atom. The molecule has 668 valence electrons. The lowest BCUT2D eigenvalue weighted by Crippen LogP contribution is -2.58. The summed E-state index contributed by atoms with van der Waals surface area (Å²) in [5.41, 5.74) is -1.40. The molecule has 16 unspecified atom stereocenters. The summed E-state index contributed by atoms with van der Waals surface area (Å²) >= 11 is 0. The van der Waals surface area contributed by atoms with Gasteiger partial charge in [-0.2, -0.15) is 0 Å². The van der Waals surface area contributed by atoms with Crippen molar-refractivity contribution in [1.82, 2.24) is 42.1 Å². The fourth-order valence-corrected chi connectivity index (χ4v) is 14.1. The number of aliphatic hydroxyl groups is 9. The Hall–Kier alpha value is -4.81. The van der Waals surface area contributed by atoms with E-state index in [9.17, 15) is 93.8 Å². The molecule has 4 heterocycles. The number of nitrogens with one attached hydrogen (secondary N) is 7. The van der Waals surface area contributed by atoms with Crippen molar-refractivity contribution < 1.29 is 141 Å². The van der Waals surface area contributed by atoms with E-state index < -0.39 is 125 Å². The fourth-order valence-electron chi connectivity index (χ4n) is 13.6. The maximum absolute atomic E-state index is 14.0. The van der Waals surface area contributed by atoms with E-state index in [2.05, 4.69) is 37.2 Å². The van der Waals surface area contributed by atoms with Gasteiger partial charge in [0, 0.05) is 141 Å². The number of carbonyl (C=O) groups excluding carboxylic acids is 8. The van der Waals surface area contributed by atoms with Crippen LogP contribution in [0.25, 0.3) is 0 Å². The summed E-state index contributed by atoms with van der Waals surface area (Å²) < 4.78 is 69.3. The van der Waals surface area contributed by atoms with E-state index in [0.29, 0.717) is 110 Å². The predicted molar refractivity (Wildman–Crippen MR) is 416 cm³/mol. The normalized spacial score (nSPS) is 26.6. The van der Waals surface area contributed by atoms with Crippen LogP contribution in [-0.4, -0.2) is 327 Å². The fraction of sp³-hybridized carbons (Fsp3) is 0.896. The van der Waals surface area contributed by atoms with Gasteiger partial charge in [0.05, 0.1) is 90.4 Å². The third kappa shape index (κ3) is 41.8. The molecule has 115 heavy (non-hydrogen) atoms. The number of carbonyl (C=O) groups is 8. The van der Waals surface area contributed by atoms with Gasteiger partial charge in [0.15, 0.2) is 18.9 Å². The Morgan fingerprint density at radius 1 is 0.400 bits per heavy atom. The molecule has 0 aromatic rings. The van der Waals surface area contributed by atoms with E-state index in [4.69, 9.17) is 47.2 Å². The van der Waals surface area contributed by atoms with E-state index in [1.165, 1.54) is 0 Å². The average Bonchev–Trinajstić information content (AvgIpc) is 1.85. The molecule has 4 aliphatic rings. The second-order valence-electron chi connectivity index (χ2n) is 31.0. The Bertz CT molecular complexity index is 2590. The second-order valence-corrected chi connectivity index (χ2v) is 32.9. The van der Waals surface area contributed by atoms with Gasteiger partial charge >= 0.3 is 7.60 Å². The summed E-state index contributed by atoms with van der Waals surface area (Å²) in [6.45, 7) is 8.68. The monoisotopic (exact) mass is 1670 g/mol. The van der Waals surface area contributed by atoms with Gasteiger partial charge in [0.2, 0.25) is 47.3 Å². The Labute approximate surface area is 677 Å². The highest BCUT2D eigenvalue weighted by molar-refractivity contribution is 7.51. The minimum atomic E-state index is -3.67. The van der Waals surface area contributed by atoms with Gasteiger partial charge < -0.3 is 140 Å². The first-order chi connectivity index (χ1) is 55.0. The lowest BCUT2D eigenvalue weighted by Gasteiger charge is -2.40. The molecule has 0 saturated carbocycles. The van der Waals surface area contributed by atoms with Crippen LogP contribution in [0.3, 0.4) is 0 Å². The molecule has 4 rings (SSSR count). The number of hydrogen-bond acceptors (Lipinski definition) is 28. The number of amides is 8.